The summed E-state index contributed by atoms with van der Waals surface area (Å²) in [7, 11) is 1.89. The molecule has 1 heterocycles. The first-order valence-electron chi connectivity index (χ1n) is 8.60. The summed E-state index contributed by atoms with van der Waals surface area (Å²) >= 11 is 0. The van der Waals surface area contributed by atoms with Crippen LogP contribution in [-0.2, 0) is 6.42 Å². The molecule has 0 unspecified atom stereocenters. The number of amides is 1. The molecule has 0 atom stereocenters. The number of nitrogens with zero attached hydrogens (tertiary/aromatic N) is 2. The number of H-pyrrole nitrogens is 1. The van der Waals surface area contributed by atoms with Gasteiger partial charge in [-0.2, -0.15) is 0 Å². The van der Waals surface area contributed by atoms with Crippen LogP contribution < -0.4 is 0 Å². The number of rotatable bonds is 7. The van der Waals surface area contributed by atoms with Crippen molar-refractivity contribution in [2.45, 2.75) is 34.1 Å². The molecule has 1 aromatic carbocycles. The monoisotopic (exact) mass is 315 g/mol. The third-order valence-electron chi connectivity index (χ3n) is 4.71. The highest BCUT2D eigenvalue weighted by Crippen LogP contribution is 2.24. The van der Waals surface area contributed by atoms with Crippen molar-refractivity contribution in [1.29, 1.82) is 0 Å². The van der Waals surface area contributed by atoms with Crippen molar-refractivity contribution in [3.63, 3.8) is 0 Å². The lowest BCUT2D eigenvalue weighted by Crippen LogP contribution is -2.36. The number of aromatic nitrogens is 1. The smallest absolute Gasteiger partial charge is 0.253 e. The maximum atomic E-state index is 12.7. The number of carbonyl (C=O) groups excluding carboxylic acids is 1. The van der Waals surface area contributed by atoms with Gasteiger partial charge in [0.1, 0.15) is 0 Å². The van der Waals surface area contributed by atoms with Crippen LogP contribution in [0.2, 0.25) is 0 Å². The van der Waals surface area contributed by atoms with Crippen LogP contribution in [0.4, 0.5) is 0 Å². The van der Waals surface area contributed by atoms with Gasteiger partial charge in [-0.1, -0.05) is 20.8 Å². The fraction of sp³-hybridized carbons (Fsp3) is 0.526. The van der Waals surface area contributed by atoms with Crippen molar-refractivity contribution in [3.8, 4) is 0 Å². The van der Waals surface area contributed by atoms with Crippen LogP contribution in [0.15, 0.2) is 18.2 Å². The molecule has 126 valence electrons. The lowest BCUT2D eigenvalue weighted by molar-refractivity contribution is 0.0780. The number of aromatic amines is 1. The third-order valence-corrected chi connectivity index (χ3v) is 4.71. The molecule has 1 aromatic heterocycles. The van der Waals surface area contributed by atoms with E-state index >= 15 is 0 Å². The maximum absolute atomic E-state index is 12.7. The van der Waals surface area contributed by atoms with E-state index in [1.807, 2.05) is 30.1 Å². The van der Waals surface area contributed by atoms with Gasteiger partial charge in [0, 0.05) is 42.3 Å². The Morgan fingerprint density at radius 1 is 1.13 bits per heavy atom. The number of nitrogens with one attached hydrogen (secondary N) is 1. The number of hydrogen-bond acceptors (Lipinski definition) is 2. The average Bonchev–Trinajstić information content (AvgIpc) is 2.88. The Kier molecular flexibility index (Phi) is 5.83. The Bertz CT molecular complexity index is 671. The molecule has 2 aromatic rings. The highest BCUT2D eigenvalue weighted by molar-refractivity contribution is 5.99. The van der Waals surface area contributed by atoms with E-state index in [0.717, 1.165) is 43.7 Å². The van der Waals surface area contributed by atoms with Crippen molar-refractivity contribution in [1.82, 2.24) is 14.8 Å². The Balaban J connectivity index is 2.17. The molecule has 0 bridgehead atoms. The number of fused-ring (bicyclic) bond motifs is 1. The maximum Gasteiger partial charge on any atom is 0.253 e. The molecule has 0 spiro atoms. The second-order valence-electron chi connectivity index (χ2n) is 6.10. The van der Waals surface area contributed by atoms with Gasteiger partial charge in [-0.25, -0.2) is 0 Å². The van der Waals surface area contributed by atoms with Gasteiger partial charge < -0.3 is 14.8 Å². The Labute approximate surface area is 139 Å². The second-order valence-corrected chi connectivity index (χ2v) is 6.10. The molecule has 1 amide bonds. The van der Waals surface area contributed by atoms with E-state index in [-0.39, 0.29) is 5.91 Å². The Hall–Kier alpha value is -1.81. The molecule has 0 aliphatic carbocycles. The van der Waals surface area contributed by atoms with Crippen LogP contribution in [0.5, 0.6) is 0 Å². The minimum absolute atomic E-state index is 0.0972. The SMILES string of the molecule is CCc1c(C)[nH]c2ccc(C(=O)N(C)CCN(CC)CC)cc12. The molecule has 1 N–H and O–H groups in total. The molecule has 0 saturated carbocycles. The summed E-state index contributed by atoms with van der Waals surface area (Å²) < 4.78 is 0. The summed E-state index contributed by atoms with van der Waals surface area (Å²) in [5.41, 5.74) is 4.39. The van der Waals surface area contributed by atoms with Gasteiger partial charge in [0.2, 0.25) is 0 Å². The van der Waals surface area contributed by atoms with Crippen LogP contribution in [0.3, 0.4) is 0 Å². The van der Waals surface area contributed by atoms with Gasteiger partial charge in [0.25, 0.3) is 5.91 Å². The predicted octanol–water partition coefficient (Wildman–Crippen LogP) is 3.45. The summed E-state index contributed by atoms with van der Waals surface area (Å²) in [6.07, 6.45) is 0.973. The summed E-state index contributed by atoms with van der Waals surface area (Å²) in [6.45, 7) is 12.3. The molecule has 0 fully saturated rings. The number of benzene rings is 1. The molecule has 2 rings (SSSR count). The van der Waals surface area contributed by atoms with Crippen molar-refractivity contribution in [2.24, 2.45) is 0 Å². The highest BCUT2D eigenvalue weighted by Gasteiger charge is 2.15. The summed E-state index contributed by atoms with van der Waals surface area (Å²) in [4.78, 5) is 20.2. The first-order valence-corrected chi connectivity index (χ1v) is 8.60. The zero-order valence-corrected chi connectivity index (χ0v) is 15.1. The minimum atomic E-state index is 0.0972. The molecular formula is C19H29N3O. The van der Waals surface area contributed by atoms with Crippen molar-refractivity contribution < 1.29 is 4.79 Å². The van der Waals surface area contributed by atoms with E-state index in [1.54, 1.807) is 0 Å². The number of aryl methyl sites for hydroxylation is 2. The van der Waals surface area contributed by atoms with Crippen molar-refractivity contribution >= 4 is 16.8 Å². The summed E-state index contributed by atoms with van der Waals surface area (Å²) in [6, 6.07) is 5.98. The van der Waals surface area contributed by atoms with Gasteiger partial charge in [0.05, 0.1) is 0 Å². The van der Waals surface area contributed by atoms with Crippen LogP contribution in [-0.4, -0.2) is 53.9 Å². The molecule has 0 aliphatic rings. The van der Waals surface area contributed by atoms with Crippen LogP contribution in [0.25, 0.3) is 10.9 Å². The van der Waals surface area contributed by atoms with E-state index in [1.165, 1.54) is 16.6 Å². The predicted molar refractivity (Wildman–Crippen MR) is 97.2 cm³/mol. The lowest BCUT2D eigenvalue weighted by Gasteiger charge is -2.23. The molecular weight excluding hydrogens is 286 g/mol. The normalized spacial score (nSPS) is 11.4. The topological polar surface area (TPSA) is 39.3 Å². The Morgan fingerprint density at radius 2 is 1.83 bits per heavy atom. The summed E-state index contributed by atoms with van der Waals surface area (Å²) in [5, 5.41) is 1.17. The van der Waals surface area contributed by atoms with E-state index in [9.17, 15) is 4.79 Å². The van der Waals surface area contributed by atoms with Gasteiger partial charge >= 0.3 is 0 Å². The second kappa shape index (κ2) is 7.64. The van der Waals surface area contributed by atoms with Crippen molar-refractivity contribution in [2.75, 3.05) is 33.2 Å². The fourth-order valence-electron chi connectivity index (χ4n) is 3.12. The number of likely N-dealkylation sites (N-methyl/N-ethyl adjacent to an activating group) is 2. The largest absolute Gasteiger partial charge is 0.358 e. The quantitative estimate of drug-likeness (QED) is 0.850. The molecule has 4 nitrogen and oxygen atoms in total. The first kappa shape index (κ1) is 17.5. The van der Waals surface area contributed by atoms with Crippen LogP contribution >= 0.6 is 0 Å². The molecule has 0 radical (unpaired) electrons. The molecule has 23 heavy (non-hydrogen) atoms. The van der Waals surface area contributed by atoms with Crippen LogP contribution in [0, 0.1) is 6.92 Å². The molecule has 4 heteroatoms. The zero-order valence-electron chi connectivity index (χ0n) is 15.1. The zero-order chi connectivity index (χ0) is 17.0. The van der Waals surface area contributed by atoms with E-state index in [2.05, 4.69) is 37.6 Å². The van der Waals surface area contributed by atoms with Crippen LogP contribution in [0.1, 0.15) is 42.4 Å². The third kappa shape index (κ3) is 3.75. The molecule has 0 saturated heterocycles. The van der Waals surface area contributed by atoms with E-state index in [0.29, 0.717) is 0 Å². The van der Waals surface area contributed by atoms with E-state index in [4.69, 9.17) is 0 Å². The van der Waals surface area contributed by atoms with E-state index < -0.39 is 0 Å². The standard InChI is InChI=1S/C19H29N3O/c1-6-16-14(4)20-18-10-9-15(13-17(16)18)19(23)21(5)11-12-22(7-2)8-3/h9-10,13,20H,6-8,11-12H2,1-5H3. The number of carbonyl (C=O) groups is 1. The van der Waals surface area contributed by atoms with Gasteiger partial charge in [-0.15, -0.1) is 0 Å². The van der Waals surface area contributed by atoms with Crippen molar-refractivity contribution in [3.05, 3.63) is 35.0 Å². The van der Waals surface area contributed by atoms with Gasteiger partial charge in [-0.3, -0.25) is 4.79 Å². The fourth-order valence-corrected chi connectivity index (χ4v) is 3.12. The summed E-state index contributed by atoms with van der Waals surface area (Å²) in [5.74, 6) is 0.0972. The number of hydrogen-bond donors (Lipinski definition) is 1. The molecule has 0 aliphatic heterocycles. The average molecular weight is 315 g/mol. The first-order chi connectivity index (χ1) is 11.0. The Morgan fingerprint density at radius 3 is 2.43 bits per heavy atom. The minimum Gasteiger partial charge on any atom is -0.358 e. The van der Waals surface area contributed by atoms with Gasteiger partial charge in [0.15, 0.2) is 0 Å². The van der Waals surface area contributed by atoms with Gasteiger partial charge in [-0.05, 0) is 50.2 Å². The highest BCUT2D eigenvalue weighted by atomic mass is 16.2. The lowest BCUT2D eigenvalue weighted by atomic mass is 10.1.